The Labute approximate surface area is 160 Å². The van der Waals surface area contributed by atoms with E-state index in [0.717, 1.165) is 12.8 Å². The van der Waals surface area contributed by atoms with Crippen LogP contribution in [0.25, 0.3) is 0 Å². The highest BCUT2D eigenvalue weighted by molar-refractivity contribution is 6.31. The summed E-state index contributed by atoms with van der Waals surface area (Å²) < 4.78 is 14.8. The van der Waals surface area contributed by atoms with Crippen LogP contribution in [0.2, 0.25) is 5.02 Å². The van der Waals surface area contributed by atoms with Crippen molar-refractivity contribution in [2.45, 2.75) is 31.6 Å². The summed E-state index contributed by atoms with van der Waals surface area (Å²) in [4.78, 5) is 24.5. The highest BCUT2D eigenvalue weighted by atomic mass is 35.5. The molecule has 2 saturated carbocycles. The molecule has 8 heteroatoms. The fourth-order valence-electron chi connectivity index (χ4n) is 4.45. The number of rotatable bonds is 3. The minimum Gasteiger partial charge on any atom is -0.383 e. The van der Waals surface area contributed by atoms with Gasteiger partial charge < -0.3 is 11.1 Å². The van der Waals surface area contributed by atoms with Crippen LogP contribution in [0, 0.1) is 17.7 Å². The van der Waals surface area contributed by atoms with Gasteiger partial charge in [0.25, 0.3) is 5.91 Å². The van der Waals surface area contributed by atoms with Crippen LogP contribution in [0.1, 0.15) is 47.7 Å². The highest BCUT2D eigenvalue weighted by Gasteiger charge is 2.43. The summed E-state index contributed by atoms with van der Waals surface area (Å²) in [7, 11) is 1.70. The first-order valence-corrected chi connectivity index (χ1v) is 9.31. The third-order valence-corrected chi connectivity index (χ3v) is 6.02. The lowest BCUT2D eigenvalue weighted by molar-refractivity contribution is -0.117. The fourth-order valence-corrected chi connectivity index (χ4v) is 4.63. The zero-order valence-electron chi connectivity index (χ0n) is 14.8. The number of hydrogen-bond donors (Lipinski definition) is 2. The van der Waals surface area contributed by atoms with E-state index in [4.69, 9.17) is 17.3 Å². The predicted molar refractivity (Wildman–Crippen MR) is 100 cm³/mol. The maximum absolute atomic E-state index is 13.3. The van der Waals surface area contributed by atoms with Crippen molar-refractivity contribution in [1.82, 2.24) is 9.78 Å². The van der Waals surface area contributed by atoms with Crippen LogP contribution in [0.4, 0.5) is 15.9 Å². The van der Waals surface area contributed by atoms with Crippen molar-refractivity contribution in [2.24, 2.45) is 18.9 Å². The average Bonchev–Trinajstić information content (AvgIpc) is 3.22. The number of ketones is 1. The number of aromatic nitrogens is 2. The van der Waals surface area contributed by atoms with Crippen LogP contribution in [0.3, 0.4) is 0 Å². The Morgan fingerprint density at radius 1 is 1.33 bits per heavy atom. The number of nitrogen functional groups attached to an aromatic ring is 1. The first kappa shape index (κ1) is 18.0. The first-order chi connectivity index (χ1) is 12.8. The lowest BCUT2D eigenvalue weighted by atomic mass is 9.96. The first-order valence-electron chi connectivity index (χ1n) is 8.94. The van der Waals surface area contributed by atoms with E-state index in [0.29, 0.717) is 47.4 Å². The lowest BCUT2D eigenvalue weighted by Gasteiger charge is -2.12. The Morgan fingerprint density at radius 3 is 2.63 bits per heavy atom. The molecule has 3 N–H and O–H groups in total. The van der Waals surface area contributed by atoms with Crippen molar-refractivity contribution in [2.75, 3.05) is 11.1 Å². The van der Waals surface area contributed by atoms with Gasteiger partial charge in [0.05, 0.1) is 10.7 Å². The second kappa shape index (κ2) is 6.64. The van der Waals surface area contributed by atoms with Gasteiger partial charge in [0, 0.05) is 31.5 Å². The number of carbonyl (C=O) groups excluding carboxylic acids is 2. The van der Waals surface area contributed by atoms with Crippen molar-refractivity contribution in [3.8, 4) is 0 Å². The summed E-state index contributed by atoms with van der Waals surface area (Å²) in [5.41, 5.74) is 7.51. The van der Waals surface area contributed by atoms with Crippen molar-refractivity contribution in [1.29, 1.82) is 0 Å². The Balaban J connectivity index is 1.60. The lowest BCUT2D eigenvalue weighted by Crippen LogP contribution is -2.16. The van der Waals surface area contributed by atoms with Gasteiger partial charge in [0.2, 0.25) is 0 Å². The number of carbonyl (C=O) groups is 2. The number of nitrogens with zero attached hydrogens (tertiary/aromatic N) is 2. The number of amides is 1. The molecular weight excluding hydrogens is 371 g/mol. The van der Waals surface area contributed by atoms with Crippen LogP contribution in [0.5, 0.6) is 0 Å². The quantitative estimate of drug-likeness (QED) is 0.839. The monoisotopic (exact) mass is 390 g/mol. The SMILES string of the molecule is Cn1nc([C@@H]2C[C@H]3CC(=O)C[C@H]3C2)c(C(=O)Nc2ccc(F)c(Cl)c2)c1N. The second-order valence-corrected chi connectivity index (χ2v) is 7.89. The molecule has 0 aliphatic heterocycles. The number of nitrogens with one attached hydrogen (secondary N) is 1. The summed E-state index contributed by atoms with van der Waals surface area (Å²) in [5, 5.41) is 7.15. The Hall–Kier alpha value is -2.41. The van der Waals surface area contributed by atoms with Gasteiger partial charge >= 0.3 is 0 Å². The van der Waals surface area contributed by atoms with Gasteiger partial charge in [0.15, 0.2) is 0 Å². The molecule has 1 amide bonds. The summed E-state index contributed by atoms with van der Waals surface area (Å²) in [5.74, 6) is 0.512. The number of halogens is 2. The Bertz CT molecular complexity index is 926. The van der Waals surface area contributed by atoms with E-state index in [1.807, 2.05) is 0 Å². The molecule has 1 aromatic heterocycles. The van der Waals surface area contributed by atoms with Gasteiger partial charge in [-0.25, -0.2) is 4.39 Å². The van der Waals surface area contributed by atoms with Gasteiger partial charge in [-0.05, 0) is 42.9 Å². The van der Waals surface area contributed by atoms with E-state index < -0.39 is 11.7 Å². The van der Waals surface area contributed by atoms with Crippen molar-refractivity contribution >= 4 is 34.8 Å². The number of hydrogen-bond acceptors (Lipinski definition) is 4. The molecule has 4 rings (SSSR count). The maximum Gasteiger partial charge on any atom is 0.261 e. The van der Waals surface area contributed by atoms with Crippen LogP contribution >= 0.6 is 11.6 Å². The van der Waals surface area contributed by atoms with E-state index in [1.165, 1.54) is 22.9 Å². The molecule has 0 unspecified atom stereocenters. The Morgan fingerprint density at radius 2 is 2.00 bits per heavy atom. The van der Waals surface area contributed by atoms with E-state index in [9.17, 15) is 14.0 Å². The molecule has 1 aromatic carbocycles. The molecule has 0 bridgehead atoms. The topological polar surface area (TPSA) is 90.0 Å². The van der Waals surface area contributed by atoms with Crippen LogP contribution < -0.4 is 11.1 Å². The van der Waals surface area contributed by atoms with E-state index >= 15 is 0 Å². The third-order valence-electron chi connectivity index (χ3n) is 5.73. The minimum absolute atomic E-state index is 0.0690. The van der Waals surface area contributed by atoms with Crippen molar-refractivity contribution in [3.05, 3.63) is 40.3 Å². The minimum atomic E-state index is -0.553. The standard InChI is InChI=1S/C19H20ClFN4O2/c1-25-18(22)16(19(27)23-12-2-3-15(21)14(20)8-12)17(24-25)11-4-9-6-13(26)7-10(9)5-11/h2-3,8-11H,4-7,22H2,1H3,(H,23,27)/t9-,10+,11+. The summed E-state index contributed by atoms with van der Waals surface area (Å²) in [6.07, 6.45) is 2.93. The fraction of sp³-hybridized carbons (Fsp3) is 0.421. The molecule has 2 aromatic rings. The molecule has 142 valence electrons. The molecule has 27 heavy (non-hydrogen) atoms. The average molecular weight is 391 g/mol. The van der Waals surface area contributed by atoms with Crippen molar-refractivity contribution < 1.29 is 14.0 Å². The Kier molecular flexibility index (Phi) is 4.42. The molecule has 3 atom stereocenters. The smallest absolute Gasteiger partial charge is 0.261 e. The molecule has 0 saturated heterocycles. The van der Waals surface area contributed by atoms with E-state index in [1.54, 1.807) is 7.05 Å². The number of nitrogens with two attached hydrogens (primary N) is 1. The van der Waals surface area contributed by atoms with Crippen LogP contribution in [-0.4, -0.2) is 21.5 Å². The largest absolute Gasteiger partial charge is 0.383 e. The third kappa shape index (κ3) is 3.20. The number of anilines is 2. The van der Waals surface area contributed by atoms with Gasteiger partial charge in [-0.3, -0.25) is 14.3 Å². The summed E-state index contributed by atoms with van der Waals surface area (Å²) in [6, 6.07) is 3.99. The number of aryl methyl sites for hydroxylation is 1. The second-order valence-electron chi connectivity index (χ2n) is 7.49. The molecular formula is C19H20ClFN4O2. The molecule has 1 heterocycles. The molecule has 2 fully saturated rings. The number of Topliss-reactive ketones (excluding diaryl/α,β-unsaturated/α-hetero) is 1. The molecule has 6 nitrogen and oxygen atoms in total. The highest BCUT2D eigenvalue weighted by Crippen LogP contribution is 2.50. The summed E-state index contributed by atoms with van der Waals surface area (Å²) in [6.45, 7) is 0. The van der Waals surface area contributed by atoms with Gasteiger partial charge in [-0.1, -0.05) is 11.6 Å². The van der Waals surface area contributed by atoms with Crippen LogP contribution in [0.15, 0.2) is 18.2 Å². The molecule has 2 aliphatic rings. The van der Waals surface area contributed by atoms with Crippen molar-refractivity contribution in [3.63, 3.8) is 0 Å². The number of fused-ring (bicyclic) bond motifs is 1. The van der Waals surface area contributed by atoms with Gasteiger partial charge in [-0.2, -0.15) is 5.10 Å². The zero-order valence-corrected chi connectivity index (χ0v) is 15.6. The molecule has 0 spiro atoms. The number of benzene rings is 1. The van der Waals surface area contributed by atoms with E-state index in [-0.39, 0.29) is 16.8 Å². The van der Waals surface area contributed by atoms with Crippen LogP contribution in [-0.2, 0) is 11.8 Å². The maximum atomic E-state index is 13.3. The molecule has 0 radical (unpaired) electrons. The summed E-state index contributed by atoms with van der Waals surface area (Å²) >= 11 is 5.78. The molecule has 2 aliphatic carbocycles. The van der Waals surface area contributed by atoms with Gasteiger partial charge in [0.1, 0.15) is 23.0 Å². The van der Waals surface area contributed by atoms with E-state index in [2.05, 4.69) is 10.4 Å². The predicted octanol–water partition coefficient (Wildman–Crippen LogP) is 3.52. The van der Waals surface area contributed by atoms with Gasteiger partial charge in [-0.15, -0.1) is 0 Å². The zero-order chi connectivity index (χ0) is 19.3. The normalized spacial score (nSPS) is 24.3.